The second-order valence-corrected chi connectivity index (χ2v) is 2.22. The van der Waals surface area contributed by atoms with Crippen LogP contribution in [0.2, 0.25) is 0 Å². The molecular weight excluding hydrogens is 194 g/mol. The van der Waals surface area contributed by atoms with Crippen molar-refractivity contribution < 1.29 is 19.1 Å². The summed E-state index contributed by atoms with van der Waals surface area (Å²) in [4.78, 5) is 25.2. The van der Waals surface area contributed by atoms with E-state index in [2.05, 4.69) is 26.7 Å². The Hall–Kier alpha value is -1.26. The fraction of sp³-hybridized carbons (Fsp3) is 0.571. The van der Waals surface area contributed by atoms with E-state index in [4.69, 9.17) is 0 Å². The highest BCUT2D eigenvalue weighted by atomic mass is 32.1. The van der Waals surface area contributed by atoms with Crippen LogP contribution in [0, 0.1) is 0 Å². The molecule has 0 radical (unpaired) electrons. The lowest BCUT2D eigenvalue weighted by atomic mass is 10.2. The summed E-state index contributed by atoms with van der Waals surface area (Å²) >= 11 is 4.31. The molecule has 0 heterocycles. The molecule has 13 heavy (non-hydrogen) atoms. The van der Waals surface area contributed by atoms with E-state index >= 15 is 0 Å². The molecule has 0 saturated carbocycles. The first-order chi connectivity index (χ1) is 6.15. The highest BCUT2D eigenvalue weighted by Gasteiger charge is 2.21. The number of isothiocyanates is 1. The van der Waals surface area contributed by atoms with Crippen LogP contribution in [0.4, 0.5) is 0 Å². The van der Waals surface area contributed by atoms with Crippen LogP contribution in [0.5, 0.6) is 0 Å². The van der Waals surface area contributed by atoms with Gasteiger partial charge in [0.2, 0.25) is 0 Å². The topological polar surface area (TPSA) is 65.0 Å². The van der Waals surface area contributed by atoms with Gasteiger partial charge in [-0.05, 0) is 12.2 Å². The van der Waals surface area contributed by atoms with Gasteiger partial charge in [0.1, 0.15) is 0 Å². The maximum Gasteiger partial charge on any atom is 0.332 e. The predicted molar refractivity (Wildman–Crippen MR) is 47.5 cm³/mol. The molecule has 5 nitrogen and oxygen atoms in total. The predicted octanol–water partition coefficient (Wildman–Crippen LogP) is 0.194. The van der Waals surface area contributed by atoms with Crippen LogP contribution in [-0.4, -0.2) is 37.4 Å². The molecule has 0 N–H and O–H groups in total. The van der Waals surface area contributed by atoms with Gasteiger partial charge in [0.25, 0.3) is 0 Å². The Morgan fingerprint density at radius 3 is 2.46 bits per heavy atom. The van der Waals surface area contributed by atoms with Gasteiger partial charge in [-0.25, -0.2) is 9.79 Å². The van der Waals surface area contributed by atoms with Gasteiger partial charge in [-0.1, -0.05) is 0 Å². The third-order valence-corrected chi connectivity index (χ3v) is 1.37. The Labute approximate surface area is 80.7 Å². The van der Waals surface area contributed by atoms with Crippen LogP contribution in [0.1, 0.15) is 6.42 Å². The summed E-state index contributed by atoms with van der Waals surface area (Å²) in [6.45, 7) is 0. The molecule has 0 rings (SSSR count). The first kappa shape index (κ1) is 11.7. The minimum absolute atomic E-state index is 0.188. The third kappa shape index (κ3) is 4.35. The number of thiocarbonyl (C=S) groups is 1. The van der Waals surface area contributed by atoms with Crippen LogP contribution >= 0.6 is 12.2 Å². The average Bonchev–Trinajstić information content (AvgIpc) is 2.15. The van der Waals surface area contributed by atoms with E-state index in [0.717, 1.165) is 0 Å². The number of carbonyl (C=O) groups excluding carboxylic acids is 2. The monoisotopic (exact) mass is 203 g/mol. The van der Waals surface area contributed by atoms with E-state index < -0.39 is 18.0 Å². The maximum atomic E-state index is 10.9. The SMILES string of the molecule is COC(=O)CC(N=C=S)C(=O)OC. The standard InChI is InChI=1S/C7H9NO4S/c1-11-6(9)3-5(8-4-13)7(10)12-2/h5H,3H2,1-2H3. The van der Waals surface area contributed by atoms with Crippen LogP contribution in [0.25, 0.3) is 0 Å². The quantitative estimate of drug-likeness (QED) is 0.371. The van der Waals surface area contributed by atoms with Crippen molar-refractivity contribution in [3.8, 4) is 0 Å². The summed E-state index contributed by atoms with van der Waals surface area (Å²) in [6.07, 6.45) is -0.188. The zero-order valence-corrected chi connectivity index (χ0v) is 8.09. The molecule has 1 atom stereocenters. The number of methoxy groups -OCH3 is 2. The van der Waals surface area contributed by atoms with Gasteiger partial charge < -0.3 is 9.47 Å². The van der Waals surface area contributed by atoms with E-state index in [1.54, 1.807) is 0 Å². The summed E-state index contributed by atoms with van der Waals surface area (Å²) in [6, 6.07) is -0.949. The molecule has 0 bridgehead atoms. The molecule has 0 fully saturated rings. The smallest absolute Gasteiger partial charge is 0.332 e. The number of ether oxygens (including phenoxy) is 2. The highest BCUT2D eigenvalue weighted by molar-refractivity contribution is 7.78. The van der Waals surface area contributed by atoms with Crippen LogP contribution < -0.4 is 0 Å². The second-order valence-electron chi connectivity index (χ2n) is 2.04. The fourth-order valence-corrected chi connectivity index (χ4v) is 0.750. The summed E-state index contributed by atoms with van der Waals surface area (Å²) in [5.41, 5.74) is 0. The normalized spacial score (nSPS) is 10.9. The molecule has 1 unspecified atom stereocenters. The first-order valence-corrected chi connectivity index (χ1v) is 3.78. The number of nitrogens with zero attached hydrogens (tertiary/aromatic N) is 1. The van der Waals surface area contributed by atoms with Crippen molar-refractivity contribution in [3.63, 3.8) is 0 Å². The molecule has 0 aromatic carbocycles. The van der Waals surface area contributed by atoms with Gasteiger partial charge in [0.15, 0.2) is 6.04 Å². The molecule has 0 aliphatic heterocycles. The molecular formula is C7H9NO4S. The van der Waals surface area contributed by atoms with Crippen LogP contribution in [0.3, 0.4) is 0 Å². The zero-order chi connectivity index (χ0) is 10.3. The second kappa shape index (κ2) is 6.28. The Balaban J connectivity index is 4.34. The summed E-state index contributed by atoms with van der Waals surface area (Å²) in [7, 11) is 2.42. The lowest BCUT2D eigenvalue weighted by molar-refractivity contribution is -0.148. The van der Waals surface area contributed by atoms with Crippen molar-refractivity contribution in [3.05, 3.63) is 0 Å². The Kier molecular flexibility index (Phi) is 5.67. The molecule has 72 valence electrons. The lowest BCUT2D eigenvalue weighted by Gasteiger charge is -2.06. The van der Waals surface area contributed by atoms with Gasteiger partial charge >= 0.3 is 11.9 Å². The molecule has 0 aromatic rings. The average molecular weight is 203 g/mol. The number of aliphatic imine (C=N–C) groups is 1. The first-order valence-electron chi connectivity index (χ1n) is 3.37. The Morgan fingerprint density at radius 1 is 1.46 bits per heavy atom. The van der Waals surface area contributed by atoms with Gasteiger partial charge in [-0.15, -0.1) is 0 Å². The highest BCUT2D eigenvalue weighted by Crippen LogP contribution is 2.01. The Bertz CT molecular complexity index is 247. The molecule has 0 aliphatic carbocycles. The summed E-state index contributed by atoms with van der Waals surface area (Å²) in [5, 5.41) is 2.01. The largest absolute Gasteiger partial charge is 0.469 e. The molecule has 6 heteroatoms. The van der Waals surface area contributed by atoms with E-state index in [0.29, 0.717) is 0 Å². The third-order valence-electron chi connectivity index (χ3n) is 1.27. The number of hydrogen-bond acceptors (Lipinski definition) is 6. The van der Waals surface area contributed by atoms with Gasteiger partial charge in [0.05, 0.1) is 25.8 Å². The van der Waals surface area contributed by atoms with Gasteiger partial charge in [-0.3, -0.25) is 4.79 Å². The molecule has 0 saturated heterocycles. The minimum atomic E-state index is -0.949. The van der Waals surface area contributed by atoms with E-state index in [1.807, 2.05) is 5.16 Å². The number of hydrogen-bond donors (Lipinski definition) is 0. The van der Waals surface area contributed by atoms with Crippen LogP contribution in [-0.2, 0) is 19.1 Å². The molecule has 0 aliphatic rings. The minimum Gasteiger partial charge on any atom is -0.469 e. The van der Waals surface area contributed by atoms with Crippen molar-refractivity contribution in [1.82, 2.24) is 0 Å². The summed E-state index contributed by atoms with van der Waals surface area (Å²) in [5.74, 6) is -1.19. The molecule has 0 spiro atoms. The van der Waals surface area contributed by atoms with Crippen molar-refractivity contribution in [2.45, 2.75) is 12.5 Å². The van der Waals surface area contributed by atoms with Crippen LogP contribution in [0.15, 0.2) is 4.99 Å². The number of carbonyl (C=O) groups is 2. The van der Waals surface area contributed by atoms with E-state index in [1.165, 1.54) is 14.2 Å². The maximum absolute atomic E-state index is 10.9. The lowest BCUT2D eigenvalue weighted by Crippen LogP contribution is -2.24. The van der Waals surface area contributed by atoms with Crippen molar-refractivity contribution in [1.29, 1.82) is 0 Å². The van der Waals surface area contributed by atoms with Gasteiger partial charge in [0, 0.05) is 0 Å². The fourth-order valence-electron chi connectivity index (χ4n) is 0.623. The van der Waals surface area contributed by atoms with E-state index in [-0.39, 0.29) is 6.42 Å². The molecule has 0 aromatic heterocycles. The van der Waals surface area contributed by atoms with E-state index in [9.17, 15) is 9.59 Å². The Morgan fingerprint density at radius 2 is 2.08 bits per heavy atom. The zero-order valence-electron chi connectivity index (χ0n) is 7.27. The van der Waals surface area contributed by atoms with Crippen molar-refractivity contribution in [2.75, 3.05) is 14.2 Å². The van der Waals surface area contributed by atoms with Crippen molar-refractivity contribution >= 4 is 29.3 Å². The molecule has 0 amide bonds. The number of rotatable bonds is 4. The summed E-state index contributed by atoms with van der Waals surface area (Å²) < 4.78 is 8.74. The van der Waals surface area contributed by atoms with Crippen molar-refractivity contribution in [2.24, 2.45) is 4.99 Å². The number of esters is 2. The van der Waals surface area contributed by atoms with Gasteiger partial charge in [-0.2, -0.15) is 0 Å².